The summed E-state index contributed by atoms with van der Waals surface area (Å²) in [6, 6.07) is 16.0. The van der Waals surface area contributed by atoms with Crippen molar-refractivity contribution in [1.29, 1.82) is 0 Å². The molecule has 0 spiro atoms. The van der Waals surface area contributed by atoms with E-state index in [4.69, 9.17) is 0 Å². The zero-order valence-electron chi connectivity index (χ0n) is 15.3. The molecule has 2 N–H and O–H groups in total. The summed E-state index contributed by atoms with van der Waals surface area (Å²) in [4.78, 5) is 37.3. The molecule has 0 saturated carbocycles. The summed E-state index contributed by atoms with van der Waals surface area (Å²) < 4.78 is 1.10. The SMILES string of the molecule is Cn1nc(C(=O)NNC(=O)C(C)(C)c2ccccc2)c2ccccc2c1=O. The normalized spacial score (nSPS) is 11.2. The van der Waals surface area contributed by atoms with E-state index < -0.39 is 11.3 Å². The number of benzene rings is 2. The minimum absolute atomic E-state index is 0.0607. The van der Waals surface area contributed by atoms with Gasteiger partial charge in [-0.1, -0.05) is 48.5 Å². The zero-order valence-corrected chi connectivity index (χ0v) is 15.3. The average molecular weight is 364 g/mol. The van der Waals surface area contributed by atoms with Crippen LogP contribution in [0.3, 0.4) is 0 Å². The van der Waals surface area contributed by atoms with Crippen molar-refractivity contribution in [3.63, 3.8) is 0 Å². The van der Waals surface area contributed by atoms with Crippen LogP contribution in [0.5, 0.6) is 0 Å². The molecule has 2 amide bonds. The van der Waals surface area contributed by atoms with Gasteiger partial charge < -0.3 is 0 Å². The number of carbonyl (C=O) groups is 2. The third-order valence-electron chi connectivity index (χ3n) is 4.52. The van der Waals surface area contributed by atoms with Crippen LogP contribution < -0.4 is 16.4 Å². The maximum absolute atomic E-state index is 12.6. The van der Waals surface area contributed by atoms with E-state index in [1.807, 2.05) is 30.3 Å². The lowest BCUT2D eigenvalue weighted by atomic mass is 9.84. The van der Waals surface area contributed by atoms with Crippen molar-refractivity contribution < 1.29 is 9.59 Å². The molecule has 0 aliphatic rings. The van der Waals surface area contributed by atoms with E-state index in [1.165, 1.54) is 7.05 Å². The highest BCUT2D eigenvalue weighted by Crippen LogP contribution is 2.22. The summed E-state index contributed by atoms with van der Waals surface area (Å²) in [5.41, 5.74) is 4.60. The number of nitrogens with one attached hydrogen (secondary N) is 2. The first kappa shape index (κ1) is 18.3. The smallest absolute Gasteiger partial charge is 0.272 e. The standard InChI is InChI=1S/C20H20N4O3/c1-20(2,13-9-5-4-6-10-13)19(27)22-21-17(25)16-14-11-7-8-12-15(14)18(26)24(3)23-16/h4-12H,1-3H3,(H,21,25)(H,22,27). The Morgan fingerprint density at radius 3 is 2.19 bits per heavy atom. The van der Waals surface area contributed by atoms with Gasteiger partial charge in [-0.05, 0) is 25.5 Å². The van der Waals surface area contributed by atoms with Crippen molar-refractivity contribution in [2.45, 2.75) is 19.3 Å². The number of hydrogen-bond acceptors (Lipinski definition) is 4. The number of carbonyl (C=O) groups excluding carboxylic acids is 2. The van der Waals surface area contributed by atoms with Gasteiger partial charge >= 0.3 is 0 Å². The van der Waals surface area contributed by atoms with Gasteiger partial charge in [0.2, 0.25) is 5.91 Å². The first-order valence-electron chi connectivity index (χ1n) is 8.44. The van der Waals surface area contributed by atoms with Gasteiger partial charge in [-0.3, -0.25) is 25.2 Å². The topological polar surface area (TPSA) is 93.1 Å². The quantitative estimate of drug-likeness (QED) is 0.692. The van der Waals surface area contributed by atoms with E-state index in [-0.39, 0.29) is 17.2 Å². The highest BCUT2D eigenvalue weighted by molar-refractivity contribution is 6.05. The van der Waals surface area contributed by atoms with Crippen LogP contribution >= 0.6 is 0 Å². The van der Waals surface area contributed by atoms with Gasteiger partial charge in [0, 0.05) is 12.4 Å². The van der Waals surface area contributed by atoms with Gasteiger partial charge in [0.05, 0.1) is 10.8 Å². The Bertz CT molecular complexity index is 1070. The Labute approximate surface area is 156 Å². The lowest BCUT2D eigenvalue weighted by molar-refractivity contribution is -0.126. The summed E-state index contributed by atoms with van der Waals surface area (Å²) >= 11 is 0. The van der Waals surface area contributed by atoms with E-state index in [0.717, 1.165) is 10.2 Å². The van der Waals surface area contributed by atoms with Gasteiger partial charge in [-0.25, -0.2) is 4.68 Å². The van der Waals surface area contributed by atoms with E-state index in [9.17, 15) is 14.4 Å². The number of fused-ring (bicyclic) bond motifs is 1. The molecule has 0 fully saturated rings. The molecule has 1 aromatic heterocycles. The minimum atomic E-state index is -0.840. The Morgan fingerprint density at radius 2 is 1.52 bits per heavy atom. The average Bonchev–Trinajstić information content (AvgIpc) is 2.69. The van der Waals surface area contributed by atoms with E-state index in [0.29, 0.717) is 10.8 Å². The van der Waals surface area contributed by atoms with Crippen molar-refractivity contribution >= 4 is 22.6 Å². The number of aromatic nitrogens is 2. The maximum atomic E-state index is 12.6. The van der Waals surface area contributed by atoms with Gasteiger partial charge in [-0.2, -0.15) is 5.10 Å². The van der Waals surface area contributed by atoms with E-state index >= 15 is 0 Å². The Kier molecular flexibility index (Phi) is 4.77. The Balaban J connectivity index is 1.83. The van der Waals surface area contributed by atoms with Crippen LogP contribution in [0.1, 0.15) is 29.9 Å². The molecule has 27 heavy (non-hydrogen) atoms. The molecule has 3 rings (SSSR count). The number of nitrogens with zero attached hydrogens (tertiary/aromatic N) is 2. The van der Waals surface area contributed by atoms with E-state index in [2.05, 4.69) is 16.0 Å². The molecule has 0 atom stereocenters. The summed E-state index contributed by atoms with van der Waals surface area (Å²) in [6.07, 6.45) is 0. The molecule has 0 saturated heterocycles. The Morgan fingerprint density at radius 1 is 0.926 bits per heavy atom. The van der Waals surface area contributed by atoms with E-state index in [1.54, 1.807) is 38.1 Å². The number of hydrazine groups is 1. The summed E-state index contributed by atoms with van der Waals surface area (Å²) in [5, 5.41) is 4.85. The largest absolute Gasteiger partial charge is 0.290 e. The molecule has 0 aliphatic carbocycles. The first-order valence-corrected chi connectivity index (χ1v) is 8.44. The maximum Gasteiger partial charge on any atom is 0.290 e. The van der Waals surface area contributed by atoms with Crippen LogP contribution in [-0.2, 0) is 17.3 Å². The van der Waals surface area contributed by atoms with Crippen molar-refractivity contribution in [2.75, 3.05) is 0 Å². The lowest BCUT2D eigenvalue weighted by Gasteiger charge is -2.24. The third-order valence-corrected chi connectivity index (χ3v) is 4.52. The molecule has 7 heteroatoms. The molecule has 7 nitrogen and oxygen atoms in total. The predicted molar refractivity (Wildman–Crippen MR) is 102 cm³/mol. The molecule has 1 heterocycles. The second-order valence-electron chi connectivity index (χ2n) is 6.72. The molecule has 0 unspecified atom stereocenters. The fraction of sp³-hybridized carbons (Fsp3) is 0.200. The highest BCUT2D eigenvalue weighted by atomic mass is 16.2. The van der Waals surface area contributed by atoms with Crippen molar-refractivity contribution in [3.05, 3.63) is 76.2 Å². The second kappa shape index (κ2) is 7.03. The van der Waals surface area contributed by atoms with Gasteiger partial charge in [0.25, 0.3) is 11.5 Å². The molecular weight excluding hydrogens is 344 g/mol. The molecular formula is C20H20N4O3. The molecule has 2 aromatic carbocycles. The molecule has 138 valence electrons. The summed E-state index contributed by atoms with van der Waals surface area (Å²) in [7, 11) is 1.47. The van der Waals surface area contributed by atoms with Gasteiger partial charge in [0.1, 0.15) is 0 Å². The van der Waals surface area contributed by atoms with Crippen molar-refractivity contribution in [3.8, 4) is 0 Å². The number of rotatable bonds is 3. The van der Waals surface area contributed by atoms with Gasteiger partial charge in [0.15, 0.2) is 5.69 Å². The van der Waals surface area contributed by atoms with Crippen LogP contribution in [0.4, 0.5) is 0 Å². The summed E-state index contributed by atoms with van der Waals surface area (Å²) in [6.45, 7) is 3.54. The second-order valence-corrected chi connectivity index (χ2v) is 6.72. The summed E-state index contributed by atoms with van der Waals surface area (Å²) in [5.74, 6) is -0.963. The molecule has 3 aromatic rings. The van der Waals surface area contributed by atoms with Crippen LogP contribution in [-0.4, -0.2) is 21.6 Å². The molecule has 0 bridgehead atoms. The molecule has 0 radical (unpaired) electrons. The first-order chi connectivity index (χ1) is 12.8. The van der Waals surface area contributed by atoms with Crippen LogP contribution in [0.25, 0.3) is 10.8 Å². The Hall–Kier alpha value is -3.48. The van der Waals surface area contributed by atoms with Crippen LogP contribution in [0.15, 0.2) is 59.4 Å². The van der Waals surface area contributed by atoms with Crippen molar-refractivity contribution in [2.24, 2.45) is 7.05 Å². The highest BCUT2D eigenvalue weighted by Gasteiger charge is 2.30. The predicted octanol–water partition coefficient (Wildman–Crippen LogP) is 1.67. The minimum Gasteiger partial charge on any atom is -0.272 e. The monoisotopic (exact) mass is 364 g/mol. The van der Waals surface area contributed by atoms with Crippen LogP contribution in [0, 0.1) is 0 Å². The third kappa shape index (κ3) is 3.44. The zero-order chi connectivity index (χ0) is 19.6. The fourth-order valence-electron chi connectivity index (χ4n) is 2.78. The molecule has 0 aliphatic heterocycles. The fourth-order valence-corrected chi connectivity index (χ4v) is 2.78. The van der Waals surface area contributed by atoms with Crippen molar-refractivity contribution in [1.82, 2.24) is 20.6 Å². The van der Waals surface area contributed by atoms with Gasteiger partial charge in [-0.15, -0.1) is 0 Å². The number of hydrogen-bond donors (Lipinski definition) is 2. The lowest BCUT2D eigenvalue weighted by Crippen LogP contribution is -2.49. The number of amides is 2. The number of aryl methyl sites for hydroxylation is 1. The van der Waals surface area contributed by atoms with Crippen LogP contribution in [0.2, 0.25) is 0 Å².